The molecule has 31 heavy (non-hydrogen) atoms. The summed E-state index contributed by atoms with van der Waals surface area (Å²) in [7, 11) is -15.4. The lowest BCUT2D eigenvalue weighted by Crippen LogP contribution is -2.31. The third kappa shape index (κ3) is 6.71. The predicted molar refractivity (Wildman–Crippen MR) is 96.6 cm³/mol. The van der Waals surface area contributed by atoms with Crippen LogP contribution in [0.15, 0.2) is 11.0 Å². The Bertz CT molecular complexity index is 1020. The summed E-state index contributed by atoms with van der Waals surface area (Å²) >= 11 is 0. The lowest BCUT2D eigenvalue weighted by Gasteiger charge is -2.20. The van der Waals surface area contributed by atoms with Crippen LogP contribution in [0, 0.1) is 11.7 Å². The van der Waals surface area contributed by atoms with Crippen LogP contribution in [0.2, 0.25) is 0 Å². The Morgan fingerprint density at radius 2 is 1.81 bits per heavy atom. The number of anilines is 1. The molecule has 0 aromatic carbocycles. The largest absolute Gasteiger partial charge is 0.490 e. The van der Waals surface area contributed by atoms with Crippen LogP contribution < -0.4 is 11.4 Å². The van der Waals surface area contributed by atoms with Gasteiger partial charge in [0.1, 0.15) is 12.3 Å². The fourth-order valence-corrected chi connectivity index (χ4v) is 5.75. The summed E-state index contributed by atoms with van der Waals surface area (Å²) < 4.78 is 70.2. The number of halogens is 1. The van der Waals surface area contributed by atoms with E-state index in [0.29, 0.717) is 17.9 Å². The molecule has 0 saturated carbocycles. The highest BCUT2D eigenvalue weighted by molar-refractivity contribution is 7.66. The quantitative estimate of drug-likeness (QED) is 0.270. The highest BCUT2D eigenvalue weighted by Crippen LogP contribution is 2.67. The Balaban J connectivity index is 2.08. The second-order valence-electron chi connectivity index (χ2n) is 6.13. The van der Waals surface area contributed by atoms with E-state index in [-0.39, 0.29) is 0 Å². The standard InChI is InChI=1S/C11H19FN3O13P3/c1-5-8(16)7(26-10(5)15-3-6(12)9(13)14-11(15)17)4-25-30(20,21)28-31(22,23)27-29(18,19)24-2/h3,5,7-8,10,16H,4H2,1-2H3,(H,18,19)(H,20,21)(H,22,23)(H2,13,14,17)/t5-,7+,8-,10+/m0/s1. The van der Waals surface area contributed by atoms with Crippen molar-refractivity contribution in [1.82, 2.24) is 9.55 Å². The van der Waals surface area contributed by atoms with Crippen molar-refractivity contribution >= 4 is 29.3 Å². The molecule has 2 rings (SSSR count). The molecular weight excluding hydrogens is 494 g/mol. The Kier molecular flexibility index (Phi) is 7.97. The van der Waals surface area contributed by atoms with E-state index in [1.54, 1.807) is 0 Å². The molecule has 0 radical (unpaired) electrons. The van der Waals surface area contributed by atoms with Gasteiger partial charge in [0, 0.05) is 13.0 Å². The zero-order valence-corrected chi connectivity index (χ0v) is 18.4. The second kappa shape index (κ2) is 9.43. The minimum absolute atomic E-state index is 0.651. The van der Waals surface area contributed by atoms with Gasteiger partial charge in [-0.05, 0) is 0 Å². The van der Waals surface area contributed by atoms with E-state index in [1.807, 2.05) is 0 Å². The average Bonchev–Trinajstić information content (AvgIpc) is 2.89. The van der Waals surface area contributed by atoms with E-state index >= 15 is 0 Å². The van der Waals surface area contributed by atoms with Crippen LogP contribution in [0.5, 0.6) is 0 Å². The van der Waals surface area contributed by atoms with Crippen molar-refractivity contribution in [1.29, 1.82) is 0 Å². The third-order valence-corrected chi connectivity index (χ3v) is 8.18. The summed E-state index contributed by atoms with van der Waals surface area (Å²) in [5.41, 5.74) is 4.20. The molecule has 3 unspecified atom stereocenters. The number of hydrogen-bond donors (Lipinski definition) is 5. The average molecular weight is 513 g/mol. The molecule has 1 aromatic rings. The lowest BCUT2D eigenvalue weighted by molar-refractivity contribution is -0.0470. The van der Waals surface area contributed by atoms with Gasteiger partial charge in [-0.3, -0.25) is 13.6 Å². The maximum Gasteiger partial charge on any atom is 0.490 e. The molecule has 1 aliphatic heterocycles. The van der Waals surface area contributed by atoms with Crippen LogP contribution in [0.4, 0.5) is 10.2 Å². The van der Waals surface area contributed by atoms with Gasteiger partial charge < -0.3 is 30.3 Å². The van der Waals surface area contributed by atoms with Gasteiger partial charge in [0.2, 0.25) is 0 Å². The zero-order chi connectivity index (χ0) is 23.8. The molecule has 1 aliphatic rings. The number of aliphatic hydroxyl groups excluding tert-OH is 1. The van der Waals surface area contributed by atoms with Gasteiger partial charge in [0.25, 0.3) is 0 Å². The highest BCUT2D eigenvalue weighted by Gasteiger charge is 2.46. The topological polar surface area (TPSA) is 239 Å². The zero-order valence-electron chi connectivity index (χ0n) is 15.7. The Morgan fingerprint density at radius 3 is 2.39 bits per heavy atom. The van der Waals surface area contributed by atoms with E-state index < -0.39 is 71.8 Å². The maximum atomic E-state index is 13.7. The Morgan fingerprint density at radius 1 is 1.23 bits per heavy atom. The van der Waals surface area contributed by atoms with Crippen LogP contribution in [0.1, 0.15) is 13.2 Å². The predicted octanol–water partition coefficient (Wildman–Crippen LogP) is -0.144. The van der Waals surface area contributed by atoms with Crippen molar-refractivity contribution in [2.45, 2.75) is 25.4 Å². The minimum atomic E-state index is -5.60. The molecule has 6 N–H and O–H groups in total. The molecule has 20 heteroatoms. The molecule has 0 amide bonds. The van der Waals surface area contributed by atoms with Crippen molar-refractivity contribution < 1.29 is 60.3 Å². The van der Waals surface area contributed by atoms with Crippen molar-refractivity contribution in [2.24, 2.45) is 5.92 Å². The summed E-state index contributed by atoms with van der Waals surface area (Å²) in [4.78, 5) is 43.0. The number of ether oxygens (including phenoxy) is 1. The van der Waals surface area contributed by atoms with Gasteiger partial charge in [-0.25, -0.2) is 22.9 Å². The molecule has 1 fully saturated rings. The van der Waals surface area contributed by atoms with E-state index in [4.69, 9.17) is 15.4 Å². The Labute approximate surface area is 173 Å². The SMILES string of the molecule is COP(=O)(O)OP(=O)(O)OP(=O)(O)OC[C@H]1O[C@@H](n2cc(F)c(N)nc2=O)[C@@H](C)[C@@H]1O. The van der Waals surface area contributed by atoms with Crippen LogP contribution in [0.3, 0.4) is 0 Å². The number of phosphoric acid groups is 3. The molecule has 7 atom stereocenters. The van der Waals surface area contributed by atoms with E-state index in [0.717, 1.165) is 0 Å². The van der Waals surface area contributed by atoms with Crippen molar-refractivity contribution in [3.63, 3.8) is 0 Å². The van der Waals surface area contributed by atoms with E-state index in [2.05, 4.69) is 22.7 Å². The number of nitrogens with two attached hydrogens (primary N) is 1. The fourth-order valence-electron chi connectivity index (χ4n) is 2.49. The van der Waals surface area contributed by atoms with Gasteiger partial charge in [0.05, 0.1) is 18.9 Å². The number of aromatic nitrogens is 2. The number of aliphatic hydroxyl groups is 1. The first-order valence-corrected chi connectivity index (χ1v) is 12.5. The first kappa shape index (κ1) is 26.2. The summed E-state index contributed by atoms with van der Waals surface area (Å²) in [5, 5.41) is 10.2. The van der Waals surface area contributed by atoms with Crippen LogP contribution in [0.25, 0.3) is 0 Å². The summed E-state index contributed by atoms with van der Waals surface area (Å²) in [6.07, 6.45) is -3.38. The molecular formula is C11H19FN3O13P3. The van der Waals surface area contributed by atoms with Gasteiger partial charge >= 0.3 is 29.2 Å². The number of rotatable bonds is 9. The number of hydrogen-bond acceptors (Lipinski definition) is 12. The van der Waals surface area contributed by atoms with Gasteiger partial charge in [-0.1, -0.05) is 6.92 Å². The molecule has 1 saturated heterocycles. The molecule has 2 heterocycles. The monoisotopic (exact) mass is 513 g/mol. The first-order valence-electron chi connectivity index (χ1n) is 8.06. The molecule has 0 spiro atoms. The van der Waals surface area contributed by atoms with Crippen molar-refractivity contribution in [2.75, 3.05) is 19.5 Å². The highest BCUT2D eigenvalue weighted by atomic mass is 31.3. The Hall–Kier alpha value is -1.06. The van der Waals surface area contributed by atoms with Crippen molar-refractivity contribution in [3.8, 4) is 0 Å². The summed E-state index contributed by atoms with van der Waals surface area (Å²) in [5.74, 6) is -2.56. The normalized spacial score (nSPS) is 29.8. The van der Waals surface area contributed by atoms with Crippen molar-refractivity contribution in [3.05, 3.63) is 22.5 Å². The number of nitrogen functional groups attached to an aromatic ring is 1. The number of phosphoric ester groups is 2. The third-order valence-electron chi connectivity index (χ3n) is 3.94. The van der Waals surface area contributed by atoms with E-state index in [9.17, 15) is 37.8 Å². The van der Waals surface area contributed by atoms with Crippen LogP contribution in [-0.2, 0) is 36.1 Å². The molecule has 0 bridgehead atoms. The van der Waals surface area contributed by atoms with Gasteiger partial charge in [0.15, 0.2) is 11.6 Å². The first-order chi connectivity index (χ1) is 14.1. The molecule has 0 aliphatic carbocycles. The minimum Gasteiger partial charge on any atom is -0.390 e. The summed E-state index contributed by atoms with van der Waals surface area (Å²) in [6.45, 7) is 0.487. The van der Waals surface area contributed by atoms with Gasteiger partial charge in [-0.2, -0.15) is 13.6 Å². The molecule has 16 nitrogen and oxygen atoms in total. The summed E-state index contributed by atoms with van der Waals surface area (Å²) in [6, 6.07) is 0. The maximum absolute atomic E-state index is 13.7. The van der Waals surface area contributed by atoms with Crippen LogP contribution >= 0.6 is 23.5 Å². The lowest BCUT2D eigenvalue weighted by atomic mass is 10.0. The van der Waals surface area contributed by atoms with Gasteiger partial charge in [-0.15, -0.1) is 0 Å². The fraction of sp³-hybridized carbons (Fsp3) is 0.636. The smallest absolute Gasteiger partial charge is 0.390 e. The second-order valence-corrected chi connectivity index (χ2v) is 10.9. The van der Waals surface area contributed by atoms with Crippen LogP contribution in [-0.4, -0.2) is 55.3 Å². The molecule has 1 aromatic heterocycles. The number of nitrogens with zero attached hydrogens (tertiary/aromatic N) is 2. The van der Waals surface area contributed by atoms with E-state index in [1.165, 1.54) is 6.92 Å². The molecule has 178 valence electrons.